The Morgan fingerprint density at radius 1 is 1.40 bits per heavy atom. The molecule has 0 spiro atoms. The summed E-state index contributed by atoms with van der Waals surface area (Å²) in [4.78, 5) is 0. The maximum absolute atomic E-state index is 5.40. The molecule has 0 radical (unpaired) electrons. The van der Waals surface area contributed by atoms with Crippen molar-refractivity contribution in [3.05, 3.63) is 0 Å². The first-order chi connectivity index (χ1) is 4.85. The molecule has 1 unspecified atom stereocenters. The van der Waals surface area contributed by atoms with Crippen LogP contribution in [0.5, 0.6) is 0 Å². The zero-order valence-corrected chi connectivity index (χ0v) is 6.80. The Morgan fingerprint density at radius 2 is 2.10 bits per heavy atom. The van der Waals surface area contributed by atoms with E-state index in [0.29, 0.717) is 19.8 Å². The Hall–Kier alpha value is -0.120. The van der Waals surface area contributed by atoms with Gasteiger partial charge in [0.1, 0.15) is 0 Å². The lowest BCUT2D eigenvalue weighted by molar-refractivity contribution is 0.0201. The van der Waals surface area contributed by atoms with Crippen molar-refractivity contribution < 1.29 is 9.47 Å². The highest BCUT2D eigenvalue weighted by Crippen LogP contribution is 1.93. The van der Waals surface area contributed by atoms with Gasteiger partial charge in [-0.2, -0.15) is 0 Å². The second kappa shape index (κ2) is 6.99. The maximum atomic E-state index is 5.40. The summed E-state index contributed by atoms with van der Waals surface area (Å²) >= 11 is 0. The van der Waals surface area contributed by atoms with Gasteiger partial charge in [0.2, 0.25) is 0 Å². The molecule has 3 heteroatoms. The van der Waals surface area contributed by atoms with Gasteiger partial charge >= 0.3 is 0 Å². The average molecular weight is 147 g/mol. The van der Waals surface area contributed by atoms with E-state index in [4.69, 9.17) is 15.2 Å². The summed E-state index contributed by atoms with van der Waals surface area (Å²) in [7, 11) is 1.66. The smallest absolute Gasteiger partial charge is 0.0704 e. The van der Waals surface area contributed by atoms with Gasteiger partial charge in [-0.15, -0.1) is 0 Å². The van der Waals surface area contributed by atoms with Gasteiger partial charge in [0.05, 0.1) is 19.3 Å². The summed E-state index contributed by atoms with van der Waals surface area (Å²) < 4.78 is 10.1. The van der Waals surface area contributed by atoms with E-state index in [2.05, 4.69) is 6.92 Å². The fourth-order valence-corrected chi connectivity index (χ4v) is 0.651. The number of ether oxygens (including phenoxy) is 2. The van der Waals surface area contributed by atoms with Crippen LogP contribution in [0, 0.1) is 0 Å². The molecule has 0 heterocycles. The first-order valence-corrected chi connectivity index (χ1v) is 3.65. The van der Waals surface area contributed by atoms with Crippen molar-refractivity contribution in [1.82, 2.24) is 0 Å². The molecule has 3 nitrogen and oxygen atoms in total. The van der Waals surface area contributed by atoms with Crippen molar-refractivity contribution in [3.8, 4) is 0 Å². The Balaban J connectivity index is 3.09. The van der Waals surface area contributed by atoms with Crippen LogP contribution in [-0.4, -0.2) is 33.0 Å². The molecule has 0 saturated heterocycles. The van der Waals surface area contributed by atoms with Crippen LogP contribution in [0.1, 0.15) is 13.3 Å². The molecule has 0 fully saturated rings. The van der Waals surface area contributed by atoms with Crippen LogP contribution in [-0.2, 0) is 9.47 Å². The standard InChI is InChI=1S/C7H17NO2/c1-3-7(6-8)10-5-4-9-2/h7H,3-6,8H2,1-2H3. The molecule has 1 atom stereocenters. The van der Waals surface area contributed by atoms with Crippen LogP contribution < -0.4 is 5.73 Å². The van der Waals surface area contributed by atoms with Crippen molar-refractivity contribution in [2.75, 3.05) is 26.9 Å². The van der Waals surface area contributed by atoms with E-state index >= 15 is 0 Å². The van der Waals surface area contributed by atoms with Crippen molar-refractivity contribution in [2.45, 2.75) is 19.4 Å². The van der Waals surface area contributed by atoms with E-state index in [1.807, 2.05) is 0 Å². The molecular weight excluding hydrogens is 130 g/mol. The van der Waals surface area contributed by atoms with Crippen LogP contribution in [0.4, 0.5) is 0 Å². The third-order valence-electron chi connectivity index (χ3n) is 1.36. The van der Waals surface area contributed by atoms with E-state index < -0.39 is 0 Å². The summed E-state index contributed by atoms with van der Waals surface area (Å²) in [5, 5.41) is 0. The van der Waals surface area contributed by atoms with E-state index in [0.717, 1.165) is 6.42 Å². The molecule has 0 bridgehead atoms. The molecule has 0 amide bonds. The third kappa shape index (κ3) is 4.73. The fraction of sp³-hybridized carbons (Fsp3) is 1.00. The van der Waals surface area contributed by atoms with Crippen LogP contribution in [0.2, 0.25) is 0 Å². The van der Waals surface area contributed by atoms with Gasteiger partial charge in [-0.05, 0) is 6.42 Å². The second-order valence-electron chi connectivity index (χ2n) is 2.13. The number of hydrogen-bond donors (Lipinski definition) is 1. The van der Waals surface area contributed by atoms with E-state index in [1.165, 1.54) is 0 Å². The second-order valence-corrected chi connectivity index (χ2v) is 2.13. The molecule has 0 rings (SSSR count). The lowest BCUT2D eigenvalue weighted by atomic mass is 10.3. The zero-order chi connectivity index (χ0) is 7.82. The molecule has 0 aliphatic rings. The van der Waals surface area contributed by atoms with E-state index in [9.17, 15) is 0 Å². The molecule has 0 aromatic rings. The quantitative estimate of drug-likeness (QED) is 0.553. The Morgan fingerprint density at radius 3 is 2.50 bits per heavy atom. The minimum atomic E-state index is 0.204. The normalized spacial score (nSPS) is 13.5. The maximum Gasteiger partial charge on any atom is 0.0704 e. The van der Waals surface area contributed by atoms with Gasteiger partial charge < -0.3 is 15.2 Å². The summed E-state index contributed by atoms with van der Waals surface area (Å²) in [6.45, 7) is 3.95. The first kappa shape index (κ1) is 9.88. The molecule has 0 aromatic heterocycles. The summed E-state index contributed by atoms with van der Waals surface area (Å²) in [6.07, 6.45) is 1.18. The average Bonchev–Trinajstić information content (AvgIpc) is 1.99. The van der Waals surface area contributed by atoms with Crippen molar-refractivity contribution in [2.24, 2.45) is 5.73 Å². The number of nitrogens with two attached hydrogens (primary N) is 1. The van der Waals surface area contributed by atoms with E-state index in [-0.39, 0.29) is 6.10 Å². The topological polar surface area (TPSA) is 44.5 Å². The monoisotopic (exact) mass is 147 g/mol. The minimum Gasteiger partial charge on any atom is -0.382 e. The predicted molar refractivity (Wildman–Crippen MR) is 41.0 cm³/mol. The Labute approximate surface area is 62.5 Å². The van der Waals surface area contributed by atoms with Gasteiger partial charge in [-0.25, -0.2) is 0 Å². The Kier molecular flexibility index (Phi) is 6.91. The van der Waals surface area contributed by atoms with Crippen molar-refractivity contribution in [3.63, 3.8) is 0 Å². The van der Waals surface area contributed by atoms with Crippen LogP contribution in [0.25, 0.3) is 0 Å². The molecule has 10 heavy (non-hydrogen) atoms. The van der Waals surface area contributed by atoms with Gasteiger partial charge in [-0.3, -0.25) is 0 Å². The summed E-state index contributed by atoms with van der Waals surface area (Å²) in [5.41, 5.74) is 5.40. The van der Waals surface area contributed by atoms with Gasteiger partial charge in [-0.1, -0.05) is 6.92 Å². The van der Waals surface area contributed by atoms with Gasteiger partial charge in [0, 0.05) is 13.7 Å². The highest BCUT2D eigenvalue weighted by molar-refractivity contribution is 4.53. The largest absolute Gasteiger partial charge is 0.382 e. The Bertz CT molecular complexity index is 64.6. The number of methoxy groups -OCH3 is 1. The fourth-order valence-electron chi connectivity index (χ4n) is 0.651. The molecule has 0 aliphatic carbocycles. The molecule has 0 saturated carbocycles. The van der Waals surface area contributed by atoms with Crippen LogP contribution >= 0.6 is 0 Å². The SMILES string of the molecule is CCC(CN)OCCOC. The van der Waals surface area contributed by atoms with Crippen LogP contribution in [0.15, 0.2) is 0 Å². The molecular formula is C7H17NO2. The molecule has 0 aliphatic heterocycles. The van der Waals surface area contributed by atoms with Crippen molar-refractivity contribution >= 4 is 0 Å². The summed E-state index contributed by atoms with van der Waals surface area (Å²) in [6, 6.07) is 0. The molecule has 2 N–H and O–H groups in total. The predicted octanol–water partition coefficient (Wildman–Crippen LogP) is 0.387. The van der Waals surface area contributed by atoms with Crippen molar-refractivity contribution in [1.29, 1.82) is 0 Å². The zero-order valence-electron chi connectivity index (χ0n) is 6.80. The minimum absolute atomic E-state index is 0.204. The van der Waals surface area contributed by atoms with E-state index in [1.54, 1.807) is 7.11 Å². The van der Waals surface area contributed by atoms with Crippen LogP contribution in [0.3, 0.4) is 0 Å². The number of rotatable bonds is 6. The first-order valence-electron chi connectivity index (χ1n) is 3.65. The third-order valence-corrected chi connectivity index (χ3v) is 1.36. The lowest BCUT2D eigenvalue weighted by Crippen LogP contribution is -2.24. The molecule has 0 aromatic carbocycles. The van der Waals surface area contributed by atoms with Gasteiger partial charge in [0.15, 0.2) is 0 Å². The highest BCUT2D eigenvalue weighted by atomic mass is 16.5. The lowest BCUT2D eigenvalue weighted by Gasteiger charge is -2.12. The number of hydrogen-bond acceptors (Lipinski definition) is 3. The summed E-state index contributed by atoms with van der Waals surface area (Å²) in [5.74, 6) is 0. The molecule has 62 valence electrons. The highest BCUT2D eigenvalue weighted by Gasteiger charge is 2.01. The van der Waals surface area contributed by atoms with Gasteiger partial charge in [0.25, 0.3) is 0 Å².